The fourth-order valence-corrected chi connectivity index (χ4v) is 4.91. The largest absolute Gasteiger partial charge is 0.378 e. The van der Waals surface area contributed by atoms with Gasteiger partial charge in [-0.15, -0.1) is 0 Å². The molecule has 1 aliphatic rings. The molecule has 3 aromatic rings. The third-order valence-electron chi connectivity index (χ3n) is 6.74. The number of benzene rings is 3. The Bertz CT molecular complexity index is 1280. The summed E-state index contributed by atoms with van der Waals surface area (Å²) in [5, 5.41) is 13.8. The third kappa shape index (κ3) is 5.79. The van der Waals surface area contributed by atoms with Gasteiger partial charge >= 0.3 is 0 Å². The molecule has 1 heterocycles. The Morgan fingerprint density at radius 1 is 0.921 bits per heavy atom. The van der Waals surface area contributed by atoms with Crippen LogP contribution in [-0.4, -0.2) is 39.8 Å². The van der Waals surface area contributed by atoms with Crippen LogP contribution < -0.4 is 11.1 Å². The molecule has 0 radical (unpaired) electrons. The van der Waals surface area contributed by atoms with Gasteiger partial charge in [0.25, 0.3) is 5.91 Å². The summed E-state index contributed by atoms with van der Waals surface area (Å²) in [6, 6.07) is 17.5. The van der Waals surface area contributed by atoms with Crippen molar-refractivity contribution in [1.82, 2.24) is 10.2 Å². The summed E-state index contributed by atoms with van der Waals surface area (Å²) in [5.41, 5.74) is 7.06. The van der Waals surface area contributed by atoms with E-state index in [1.807, 2.05) is 30.3 Å². The van der Waals surface area contributed by atoms with Gasteiger partial charge in [-0.05, 0) is 48.6 Å². The summed E-state index contributed by atoms with van der Waals surface area (Å²) in [7, 11) is 0. The topological polar surface area (TPSA) is 113 Å². The van der Waals surface area contributed by atoms with E-state index in [9.17, 15) is 28.3 Å². The molecule has 4 N–H and O–H groups in total. The highest BCUT2D eigenvalue weighted by molar-refractivity contribution is 6.04. The Kier molecular flexibility index (Phi) is 8.29. The monoisotopic (exact) mass is 521 g/mol. The number of nitrogens with one attached hydrogen (secondary N) is 1. The fourth-order valence-electron chi connectivity index (χ4n) is 4.91. The molecular weight excluding hydrogens is 492 g/mol. The van der Waals surface area contributed by atoms with Crippen LogP contribution in [0.15, 0.2) is 78.9 Å². The minimum atomic E-state index is -2.11. The number of rotatable bonds is 6. The number of halogens is 2. The van der Waals surface area contributed by atoms with E-state index in [0.29, 0.717) is 29.4 Å². The molecule has 0 aromatic heterocycles. The van der Waals surface area contributed by atoms with Crippen molar-refractivity contribution in [3.8, 4) is 0 Å². The Balaban J connectivity index is 1.80. The number of hydrogen-bond donors (Lipinski definition) is 3. The Morgan fingerprint density at radius 2 is 1.47 bits per heavy atom. The Morgan fingerprint density at radius 3 is 2.03 bits per heavy atom. The first-order valence-electron chi connectivity index (χ1n) is 12.3. The van der Waals surface area contributed by atoms with Gasteiger partial charge in [0.2, 0.25) is 11.8 Å². The van der Waals surface area contributed by atoms with Gasteiger partial charge in [-0.2, -0.15) is 0 Å². The van der Waals surface area contributed by atoms with Crippen LogP contribution in [0.5, 0.6) is 0 Å². The minimum absolute atomic E-state index is 0.385. The van der Waals surface area contributed by atoms with E-state index in [4.69, 9.17) is 5.73 Å². The van der Waals surface area contributed by atoms with Gasteiger partial charge in [-0.1, -0.05) is 60.7 Å². The van der Waals surface area contributed by atoms with Gasteiger partial charge in [0.05, 0.1) is 12.1 Å². The third-order valence-corrected chi connectivity index (χ3v) is 6.74. The van der Waals surface area contributed by atoms with Crippen molar-refractivity contribution in [3.63, 3.8) is 0 Å². The Labute approximate surface area is 219 Å². The zero-order chi connectivity index (χ0) is 27.4. The van der Waals surface area contributed by atoms with Crippen molar-refractivity contribution < 1.29 is 28.3 Å². The number of imide groups is 1. The second-order valence-corrected chi connectivity index (χ2v) is 9.45. The van der Waals surface area contributed by atoms with Crippen LogP contribution >= 0.6 is 0 Å². The van der Waals surface area contributed by atoms with E-state index in [1.165, 1.54) is 6.92 Å². The zero-order valence-corrected chi connectivity index (χ0v) is 20.8. The molecule has 198 valence electrons. The Hall–Kier alpha value is -3.95. The van der Waals surface area contributed by atoms with Crippen LogP contribution in [0.25, 0.3) is 0 Å². The van der Waals surface area contributed by atoms with Crippen molar-refractivity contribution >= 4 is 17.7 Å². The highest BCUT2D eigenvalue weighted by atomic mass is 19.1. The molecule has 0 unspecified atom stereocenters. The maximum atomic E-state index is 13.9. The zero-order valence-electron chi connectivity index (χ0n) is 20.8. The molecule has 1 fully saturated rings. The first kappa shape index (κ1) is 27.1. The van der Waals surface area contributed by atoms with E-state index in [-0.39, 0.29) is 11.6 Å². The average Bonchev–Trinajstić information content (AvgIpc) is 3.07. The molecule has 3 aromatic carbocycles. The van der Waals surface area contributed by atoms with Gasteiger partial charge in [0, 0.05) is 12.0 Å². The number of carbonyl (C=O) groups is 3. The first-order chi connectivity index (χ1) is 18.2. The molecule has 0 bridgehead atoms. The second kappa shape index (κ2) is 11.6. The number of nitrogens with zero attached hydrogens (tertiary/aromatic N) is 1. The maximum Gasteiger partial charge on any atom is 0.263 e. The normalized spacial score (nSPS) is 21.1. The molecule has 1 aliphatic heterocycles. The van der Waals surface area contributed by atoms with E-state index in [2.05, 4.69) is 5.32 Å². The van der Waals surface area contributed by atoms with E-state index < -0.39 is 53.5 Å². The fraction of sp³-hybridized carbons (Fsp3) is 0.276. The molecule has 1 saturated heterocycles. The van der Waals surface area contributed by atoms with Crippen molar-refractivity contribution in [2.75, 3.05) is 0 Å². The van der Waals surface area contributed by atoms with Crippen LogP contribution in [0.2, 0.25) is 0 Å². The van der Waals surface area contributed by atoms with Crippen LogP contribution in [0, 0.1) is 11.6 Å². The molecule has 0 aliphatic carbocycles. The van der Waals surface area contributed by atoms with Gasteiger partial charge in [0.1, 0.15) is 17.7 Å². The molecule has 3 amide bonds. The average molecular weight is 522 g/mol. The standard InChI is InChI=1S/C29H29F2N3O4/c1-17(32)28(37)34(29(38)26(35)20-14-21(30)16-22(31)15-20)25-23(18-8-4-2-5-9-18)12-13-24(33-27(25)36)19-10-6-3-7-11-19/h2-11,14-17,23-26,35H,12-13,32H2,1H3,(H,33,36)/t17-,23-,24-,25-,26+/m0/s1. The molecule has 9 heteroatoms. The molecular formula is C29H29F2N3O4. The van der Waals surface area contributed by atoms with Crippen LogP contribution in [-0.2, 0) is 14.4 Å². The van der Waals surface area contributed by atoms with Crippen molar-refractivity contribution in [2.45, 2.75) is 49.9 Å². The number of amides is 3. The van der Waals surface area contributed by atoms with E-state index >= 15 is 0 Å². The van der Waals surface area contributed by atoms with Gasteiger partial charge < -0.3 is 16.2 Å². The van der Waals surface area contributed by atoms with Crippen LogP contribution in [0.4, 0.5) is 8.78 Å². The summed E-state index contributed by atoms with van der Waals surface area (Å²) in [6.07, 6.45) is -1.19. The summed E-state index contributed by atoms with van der Waals surface area (Å²) in [5.74, 6) is -5.34. The minimum Gasteiger partial charge on any atom is -0.378 e. The molecule has 5 atom stereocenters. The number of aliphatic hydroxyl groups excluding tert-OH is 1. The second-order valence-electron chi connectivity index (χ2n) is 9.45. The lowest BCUT2D eigenvalue weighted by molar-refractivity contribution is -0.158. The predicted molar refractivity (Wildman–Crippen MR) is 136 cm³/mol. The summed E-state index contributed by atoms with van der Waals surface area (Å²) in [4.78, 5) is 41.5. The summed E-state index contributed by atoms with van der Waals surface area (Å²) >= 11 is 0. The number of hydrogen-bond acceptors (Lipinski definition) is 5. The SMILES string of the molecule is C[C@H](N)C(=O)N(C(=O)[C@H](O)c1cc(F)cc(F)c1)[C@@H]1C(=O)N[C@H](c2ccccc2)CC[C@H]1c1ccccc1. The van der Waals surface area contributed by atoms with Crippen LogP contribution in [0.3, 0.4) is 0 Å². The smallest absolute Gasteiger partial charge is 0.263 e. The molecule has 38 heavy (non-hydrogen) atoms. The van der Waals surface area contributed by atoms with Crippen LogP contribution in [0.1, 0.15) is 54.5 Å². The van der Waals surface area contributed by atoms with Gasteiger partial charge in [-0.3, -0.25) is 19.3 Å². The summed E-state index contributed by atoms with van der Waals surface area (Å²) < 4.78 is 27.7. The van der Waals surface area contributed by atoms with E-state index in [0.717, 1.165) is 17.7 Å². The first-order valence-corrected chi connectivity index (χ1v) is 12.3. The molecule has 0 saturated carbocycles. The lowest BCUT2D eigenvalue weighted by Gasteiger charge is -2.35. The van der Waals surface area contributed by atoms with Gasteiger partial charge in [-0.25, -0.2) is 8.78 Å². The number of carbonyl (C=O) groups excluding carboxylic acids is 3. The lowest BCUT2D eigenvalue weighted by atomic mass is 9.85. The van der Waals surface area contributed by atoms with Gasteiger partial charge in [0.15, 0.2) is 6.10 Å². The lowest BCUT2D eigenvalue weighted by Crippen LogP contribution is -2.58. The van der Waals surface area contributed by atoms with Crippen molar-refractivity contribution in [1.29, 1.82) is 0 Å². The molecule has 4 rings (SSSR count). The predicted octanol–water partition coefficient (Wildman–Crippen LogP) is 3.50. The maximum absolute atomic E-state index is 13.9. The number of aliphatic hydroxyl groups is 1. The quantitative estimate of drug-likeness (QED) is 0.460. The van der Waals surface area contributed by atoms with Crippen molar-refractivity contribution in [3.05, 3.63) is 107 Å². The molecule has 0 spiro atoms. The summed E-state index contributed by atoms with van der Waals surface area (Å²) in [6.45, 7) is 1.36. The molecule has 7 nitrogen and oxygen atoms in total. The van der Waals surface area contributed by atoms with Crippen molar-refractivity contribution in [2.24, 2.45) is 5.73 Å². The number of nitrogens with two attached hydrogens (primary N) is 1. The highest BCUT2D eigenvalue weighted by Gasteiger charge is 2.45. The van der Waals surface area contributed by atoms with E-state index in [1.54, 1.807) is 30.3 Å². The highest BCUT2D eigenvalue weighted by Crippen LogP contribution is 2.36.